The van der Waals surface area contributed by atoms with Crippen LogP contribution in [0.5, 0.6) is 5.75 Å². The summed E-state index contributed by atoms with van der Waals surface area (Å²) in [4.78, 5) is 27.5. The number of methoxy groups -OCH3 is 1. The highest BCUT2D eigenvalue weighted by Gasteiger charge is 2.43. The Morgan fingerprint density at radius 3 is 2.87 bits per heavy atom. The number of benzene rings is 1. The predicted octanol–water partition coefficient (Wildman–Crippen LogP) is 2.91. The highest BCUT2D eigenvalue weighted by atomic mass is 32.1. The zero-order valence-corrected chi connectivity index (χ0v) is 13.8. The molecule has 23 heavy (non-hydrogen) atoms. The summed E-state index contributed by atoms with van der Waals surface area (Å²) >= 11 is 1.57. The van der Waals surface area contributed by atoms with Crippen molar-refractivity contribution in [1.82, 2.24) is 4.90 Å². The first-order chi connectivity index (χ1) is 11.1. The molecular weight excluding hydrogens is 312 g/mol. The normalized spacial score (nSPS) is 20.6. The van der Waals surface area contributed by atoms with Gasteiger partial charge in [-0.05, 0) is 23.6 Å². The summed E-state index contributed by atoms with van der Waals surface area (Å²) in [5, 5.41) is 4.86. The SMILES string of the molecule is COc1cccc(NC(=O)[C@@H]2CC(=O)N(C)[C@@H]2c2cccs2)c1. The van der Waals surface area contributed by atoms with Gasteiger partial charge in [0.15, 0.2) is 0 Å². The Hall–Kier alpha value is -2.34. The summed E-state index contributed by atoms with van der Waals surface area (Å²) in [5.41, 5.74) is 0.668. The van der Waals surface area contributed by atoms with Crippen molar-refractivity contribution < 1.29 is 14.3 Å². The zero-order valence-electron chi connectivity index (χ0n) is 13.0. The van der Waals surface area contributed by atoms with Crippen LogP contribution in [0.4, 0.5) is 5.69 Å². The lowest BCUT2D eigenvalue weighted by Crippen LogP contribution is -2.29. The Labute approximate surface area is 138 Å². The van der Waals surface area contributed by atoms with Gasteiger partial charge in [-0.2, -0.15) is 0 Å². The quantitative estimate of drug-likeness (QED) is 0.938. The van der Waals surface area contributed by atoms with Crippen molar-refractivity contribution in [2.75, 3.05) is 19.5 Å². The summed E-state index contributed by atoms with van der Waals surface area (Å²) in [6.07, 6.45) is 0.231. The Kier molecular flexibility index (Phi) is 4.34. The van der Waals surface area contributed by atoms with E-state index < -0.39 is 5.92 Å². The Bertz CT molecular complexity index is 714. The Balaban J connectivity index is 1.81. The minimum absolute atomic E-state index is 0.00538. The van der Waals surface area contributed by atoms with Gasteiger partial charge >= 0.3 is 0 Å². The maximum absolute atomic E-state index is 12.7. The van der Waals surface area contributed by atoms with Crippen LogP contribution >= 0.6 is 11.3 Å². The number of likely N-dealkylation sites (tertiary alicyclic amines) is 1. The number of ether oxygens (including phenoxy) is 1. The monoisotopic (exact) mass is 330 g/mol. The van der Waals surface area contributed by atoms with Gasteiger partial charge in [0.05, 0.1) is 19.1 Å². The van der Waals surface area contributed by atoms with Crippen molar-refractivity contribution in [3.63, 3.8) is 0 Å². The lowest BCUT2D eigenvalue weighted by Gasteiger charge is -2.23. The summed E-state index contributed by atoms with van der Waals surface area (Å²) in [6.45, 7) is 0. The molecule has 2 amide bonds. The first-order valence-electron chi connectivity index (χ1n) is 7.34. The molecule has 0 bridgehead atoms. The molecule has 0 unspecified atom stereocenters. The molecule has 2 atom stereocenters. The summed E-state index contributed by atoms with van der Waals surface area (Å²) in [6, 6.07) is 10.9. The van der Waals surface area contributed by atoms with E-state index in [4.69, 9.17) is 4.74 Å². The second-order valence-corrected chi connectivity index (χ2v) is 6.48. The van der Waals surface area contributed by atoms with E-state index in [-0.39, 0.29) is 24.3 Å². The lowest BCUT2D eigenvalue weighted by atomic mass is 9.98. The van der Waals surface area contributed by atoms with E-state index in [0.717, 1.165) is 4.88 Å². The molecule has 5 nitrogen and oxygen atoms in total. The fraction of sp³-hybridized carbons (Fsp3) is 0.294. The van der Waals surface area contributed by atoms with E-state index >= 15 is 0 Å². The highest BCUT2D eigenvalue weighted by molar-refractivity contribution is 7.10. The zero-order chi connectivity index (χ0) is 16.4. The van der Waals surface area contributed by atoms with E-state index in [0.29, 0.717) is 11.4 Å². The fourth-order valence-electron chi connectivity index (χ4n) is 2.89. The number of amides is 2. The van der Waals surface area contributed by atoms with E-state index in [2.05, 4.69) is 5.32 Å². The van der Waals surface area contributed by atoms with Gasteiger partial charge in [0.25, 0.3) is 0 Å². The molecule has 2 aromatic rings. The van der Waals surface area contributed by atoms with Gasteiger partial charge in [0.2, 0.25) is 11.8 Å². The number of anilines is 1. The average Bonchev–Trinajstić information content (AvgIpc) is 3.16. The van der Waals surface area contributed by atoms with Crippen molar-refractivity contribution in [1.29, 1.82) is 0 Å². The smallest absolute Gasteiger partial charge is 0.230 e. The van der Waals surface area contributed by atoms with Crippen molar-refractivity contribution >= 4 is 28.8 Å². The maximum atomic E-state index is 12.7. The number of carbonyl (C=O) groups is 2. The summed E-state index contributed by atoms with van der Waals surface area (Å²) in [7, 11) is 3.34. The van der Waals surface area contributed by atoms with E-state index in [1.165, 1.54) is 0 Å². The topological polar surface area (TPSA) is 58.6 Å². The Morgan fingerprint density at radius 1 is 1.35 bits per heavy atom. The third kappa shape index (κ3) is 3.07. The van der Waals surface area contributed by atoms with Gasteiger partial charge in [0, 0.05) is 30.1 Å². The number of nitrogens with one attached hydrogen (secondary N) is 1. The minimum Gasteiger partial charge on any atom is -0.497 e. The standard InChI is InChI=1S/C17H18N2O3S/c1-19-15(20)10-13(16(19)14-7-4-8-23-14)17(21)18-11-5-3-6-12(9-11)22-2/h3-9,13,16H,10H2,1-2H3,(H,18,21)/t13-,16+/m1/s1. The lowest BCUT2D eigenvalue weighted by molar-refractivity contribution is -0.127. The molecule has 120 valence electrons. The molecular formula is C17H18N2O3S. The van der Waals surface area contributed by atoms with Gasteiger partial charge in [-0.25, -0.2) is 0 Å². The number of hydrogen-bond acceptors (Lipinski definition) is 4. The third-order valence-corrected chi connectivity index (χ3v) is 5.04. The van der Waals surface area contributed by atoms with E-state index in [1.807, 2.05) is 29.6 Å². The molecule has 0 saturated carbocycles. The van der Waals surface area contributed by atoms with E-state index in [9.17, 15) is 9.59 Å². The van der Waals surface area contributed by atoms with Gasteiger partial charge in [-0.3, -0.25) is 9.59 Å². The molecule has 6 heteroatoms. The molecule has 1 aliphatic rings. The fourth-order valence-corrected chi connectivity index (χ4v) is 3.82. The second-order valence-electron chi connectivity index (χ2n) is 5.50. The first kappa shape index (κ1) is 15.6. The molecule has 1 saturated heterocycles. The maximum Gasteiger partial charge on any atom is 0.230 e. The van der Waals surface area contributed by atoms with Crippen LogP contribution in [0, 0.1) is 5.92 Å². The average molecular weight is 330 g/mol. The van der Waals surface area contributed by atoms with Crippen LogP contribution in [0.25, 0.3) is 0 Å². The van der Waals surface area contributed by atoms with Crippen LogP contribution in [-0.4, -0.2) is 30.9 Å². The minimum atomic E-state index is -0.391. The molecule has 0 spiro atoms. The van der Waals surface area contributed by atoms with Crippen LogP contribution in [0.3, 0.4) is 0 Å². The number of rotatable bonds is 4. The largest absolute Gasteiger partial charge is 0.497 e. The van der Waals surface area contributed by atoms with Gasteiger partial charge in [-0.1, -0.05) is 12.1 Å². The van der Waals surface area contributed by atoms with Crippen molar-refractivity contribution in [2.45, 2.75) is 12.5 Å². The predicted molar refractivity (Wildman–Crippen MR) is 89.6 cm³/mol. The van der Waals surface area contributed by atoms with Crippen LogP contribution in [0.15, 0.2) is 41.8 Å². The van der Waals surface area contributed by atoms with Gasteiger partial charge in [-0.15, -0.1) is 11.3 Å². The molecule has 2 heterocycles. The van der Waals surface area contributed by atoms with Crippen LogP contribution in [0.2, 0.25) is 0 Å². The van der Waals surface area contributed by atoms with E-state index in [1.54, 1.807) is 42.5 Å². The number of hydrogen-bond donors (Lipinski definition) is 1. The summed E-state index contributed by atoms with van der Waals surface area (Å²) in [5.74, 6) is 0.137. The number of thiophene rings is 1. The molecule has 0 radical (unpaired) electrons. The third-order valence-electron chi connectivity index (χ3n) is 4.10. The van der Waals surface area contributed by atoms with Gasteiger partial charge < -0.3 is 15.0 Å². The number of carbonyl (C=O) groups excluding carboxylic acids is 2. The second kappa shape index (κ2) is 6.42. The van der Waals surface area contributed by atoms with Crippen LogP contribution in [0.1, 0.15) is 17.3 Å². The molecule has 3 rings (SSSR count). The van der Waals surface area contributed by atoms with Gasteiger partial charge in [0.1, 0.15) is 5.75 Å². The molecule has 0 aliphatic carbocycles. The van der Waals surface area contributed by atoms with Crippen molar-refractivity contribution in [2.24, 2.45) is 5.92 Å². The van der Waals surface area contributed by atoms with Crippen LogP contribution in [-0.2, 0) is 9.59 Å². The van der Waals surface area contributed by atoms with Crippen LogP contribution < -0.4 is 10.1 Å². The molecule has 1 fully saturated rings. The number of nitrogens with zero attached hydrogens (tertiary/aromatic N) is 1. The Morgan fingerprint density at radius 2 is 2.17 bits per heavy atom. The molecule has 1 aliphatic heterocycles. The molecule has 1 aromatic carbocycles. The van der Waals surface area contributed by atoms with Crippen molar-refractivity contribution in [3.8, 4) is 5.75 Å². The highest BCUT2D eigenvalue weighted by Crippen LogP contribution is 2.39. The first-order valence-corrected chi connectivity index (χ1v) is 8.22. The summed E-state index contributed by atoms with van der Waals surface area (Å²) < 4.78 is 5.16. The molecule has 1 aromatic heterocycles. The van der Waals surface area contributed by atoms with Crippen molar-refractivity contribution in [3.05, 3.63) is 46.7 Å². The molecule has 1 N–H and O–H groups in total.